The highest BCUT2D eigenvalue weighted by molar-refractivity contribution is 6.39. The lowest BCUT2D eigenvalue weighted by Crippen LogP contribution is -2.41. The predicted molar refractivity (Wildman–Crippen MR) is 158 cm³/mol. The number of morpholine rings is 1. The van der Waals surface area contributed by atoms with Gasteiger partial charge >= 0.3 is 0 Å². The molecule has 1 aliphatic heterocycles. The van der Waals surface area contributed by atoms with E-state index in [-0.39, 0.29) is 23.9 Å². The standard InChI is InChI=1S/C28H33Cl2N7O3/c29-22-3-1-4-23(30)26(22)27(39)32-10-2-11-33-28-34-12-9-24(36-28)20-5-7-21(8-6-20)35-25(38)19-31-13-14-37-15-17-40-18-16-37/h1,3-9,12,31H,2,10-11,13-19H2,(H,32,39)(H,35,38)(H,33,34,36). The van der Waals surface area contributed by atoms with E-state index in [1.165, 1.54) is 0 Å². The van der Waals surface area contributed by atoms with E-state index in [2.05, 4.69) is 36.1 Å². The van der Waals surface area contributed by atoms with E-state index in [9.17, 15) is 9.59 Å². The van der Waals surface area contributed by atoms with Crippen molar-refractivity contribution in [2.45, 2.75) is 6.42 Å². The third-order valence-corrected chi connectivity index (χ3v) is 6.86. The van der Waals surface area contributed by atoms with Crippen LogP contribution in [0, 0.1) is 0 Å². The summed E-state index contributed by atoms with van der Waals surface area (Å²) in [5.74, 6) is 0.0847. The molecule has 0 unspecified atom stereocenters. The van der Waals surface area contributed by atoms with Crippen molar-refractivity contribution in [3.8, 4) is 11.3 Å². The first-order valence-corrected chi connectivity index (χ1v) is 14.0. The van der Waals surface area contributed by atoms with Crippen LogP contribution in [0.25, 0.3) is 11.3 Å². The van der Waals surface area contributed by atoms with Crippen LogP contribution in [0.2, 0.25) is 10.0 Å². The Morgan fingerprint density at radius 1 is 0.950 bits per heavy atom. The second-order valence-electron chi connectivity index (χ2n) is 9.15. The molecule has 1 fully saturated rings. The molecule has 0 spiro atoms. The summed E-state index contributed by atoms with van der Waals surface area (Å²) < 4.78 is 5.35. The lowest BCUT2D eigenvalue weighted by Gasteiger charge is -2.26. The quantitative estimate of drug-likeness (QED) is 0.225. The zero-order chi connectivity index (χ0) is 28.2. The highest BCUT2D eigenvalue weighted by atomic mass is 35.5. The molecule has 40 heavy (non-hydrogen) atoms. The van der Waals surface area contributed by atoms with Crippen LogP contribution >= 0.6 is 23.2 Å². The summed E-state index contributed by atoms with van der Waals surface area (Å²) >= 11 is 12.2. The van der Waals surface area contributed by atoms with Gasteiger partial charge in [0.2, 0.25) is 11.9 Å². The number of hydrogen-bond donors (Lipinski definition) is 4. The summed E-state index contributed by atoms with van der Waals surface area (Å²) in [5, 5.41) is 12.7. The molecular formula is C28H33Cl2N7O3. The Morgan fingerprint density at radius 3 is 2.45 bits per heavy atom. The van der Waals surface area contributed by atoms with E-state index in [4.69, 9.17) is 27.9 Å². The molecule has 4 N–H and O–H groups in total. The topological polar surface area (TPSA) is 121 Å². The minimum absolute atomic E-state index is 0.0885. The van der Waals surface area contributed by atoms with Crippen LogP contribution in [0.1, 0.15) is 16.8 Å². The van der Waals surface area contributed by atoms with Crippen molar-refractivity contribution >= 4 is 46.7 Å². The minimum atomic E-state index is -0.312. The van der Waals surface area contributed by atoms with Crippen molar-refractivity contribution in [1.82, 2.24) is 25.5 Å². The third kappa shape index (κ3) is 9.14. The van der Waals surface area contributed by atoms with Gasteiger partial charge in [-0.15, -0.1) is 0 Å². The average Bonchev–Trinajstić information content (AvgIpc) is 2.96. The number of carbonyl (C=O) groups is 2. The number of carbonyl (C=O) groups excluding carboxylic acids is 2. The van der Waals surface area contributed by atoms with Gasteiger partial charge in [-0.2, -0.15) is 0 Å². The number of rotatable bonds is 13. The van der Waals surface area contributed by atoms with Gasteiger partial charge in [0.15, 0.2) is 0 Å². The van der Waals surface area contributed by atoms with E-state index < -0.39 is 0 Å². The van der Waals surface area contributed by atoms with Gasteiger partial charge in [-0.05, 0) is 36.8 Å². The first-order chi connectivity index (χ1) is 19.5. The Labute approximate surface area is 243 Å². The largest absolute Gasteiger partial charge is 0.379 e. The van der Waals surface area contributed by atoms with E-state index in [0.29, 0.717) is 35.5 Å². The van der Waals surface area contributed by atoms with Crippen LogP contribution in [-0.4, -0.2) is 85.7 Å². The number of amides is 2. The second-order valence-corrected chi connectivity index (χ2v) is 9.97. The molecule has 1 aromatic heterocycles. The summed E-state index contributed by atoms with van der Waals surface area (Å²) in [7, 11) is 0. The molecule has 0 aliphatic carbocycles. The number of nitrogens with zero attached hydrogens (tertiary/aromatic N) is 3. The molecule has 212 valence electrons. The molecule has 12 heteroatoms. The maximum absolute atomic E-state index is 12.4. The van der Waals surface area contributed by atoms with Crippen molar-refractivity contribution in [2.24, 2.45) is 0 Å². The number of nitrogens with one attached hydrogen (secondary N) is 4. The Kier molecular flexibility index (Phi) is 11.5. The fourth-order valence-electron chi connectivity index (χ4n) is 4.09. The highest BCUT2D eigenvalue weighted by Gasteiger charge is 2.14. The minimum Gasteiger partial charge on any atom is -0.379 e. The third-order valence-electron chi connectivity index (χ3n) is 6.23. The van der Waals surface area contributed by atoms with Gasteiger partial charge in [0, 0.05) is 56.7 Å². The van der Waals surface area contributed by atoms with Crippen molar-refractivity contribution in [3.05, 3.63) is 70.3 Å². The normalized spacial score (nSPS) is 13.6. The molecule has 1 aliphatic rings. The Morgan fingerprint density at radius 2 is 1.70 bits per heavy atom. The fourth-order valence-corrected chi connectivity index (χ4v) is 4.66. The van der Waals surface area contributed by atoms with Gasteiger partial charge in [0.05, 0.1) is 41.1 Å². The van der Waals surface area contributed by atoms with E-state index in [1.807, 2.05) is 30.3 Å². The molecular weight excluding hydrogens is 553 g/mol. The van der Waals surface area contributed by atoms with Crippen molar-refractivity contribution < 1.29 is 14.3 Å². The molecule has 3 aromatic rings. The second kappa shape index (κ2) is 15.5. The van der Waals surface area contributed by atoms with Crippen LogP contribution in [0.3, 0.4) is 0 Å². The van der Waals surface area contributed by atoms with Gasteiger partial charge in [0.25, 0.3) is 5.91 Å². The first-order valence-electron chi connectivity index (χ1n) is 13.2. The van der Waals surface area contributed by atoms with E-state index >= 15 is 0 Å². The number of hydrogen-bond acceptors (Lipinski definition) is 8. The maximum Gasteiger partial charge on any atom is 0.254 e. The van der Waals surface area contributed by atoms with Crippen molar-refractivity contribution in [1.29, 1.82) is 0 Å². The number of anilines is 2. The van der Waals surface area contributed by atoms with E-state index in [1.54, 1.807) is 24.4 Å². The van der Waals surface area contributed by atoms with Crippen molar-refractivity contribution in [3.63, 3.8) is 0 Å². The average molecular weight is 587 g/mol. The van der Waals surface area contributed by atoms with Gasteiger partial charge < -0.3 is 26.0 Å². The van der Waals surface area contributed by atoms with Gasteiger partial charge in [-0.3, -0.25) is 14.5 Å². The fraction of sp³-hybridized carbons (Fsp3) is 0.357. The van der Waals surface area contributed by atoms with Crippen LogP contribution in [-0.2, 0) is 9.53 Å². The summed E-state index contributed by atoms with van der Waals surface area (Å²) in [6.45, 7) is 6.31. The molecule has 0 bridgehead atoms. The Balaban J connectivity index is 1.17. The lowest BCUT2D eigenvalue weighted by atomic mass is 10.1. The molecule has 0 saturated carbocycles. The summed E-state index contributed by atoms with van der Waals surface area (Å²) in [6.07, 6.45) is 2.34. The Hall–Kier alpha value is -3.28. The van der Waals surface area contributed by atoms with Crippen LogP contribution in [0.15, 0.2) is 54.7 Å². The molecule has 2 amide bonds. The molecule has 2 heterocycles. The number of aromatic nitrogens is 2. The summed E-state index contributed by atoms with van der Waals surface area (Å²) in [4.78, 5) is 35.8. The highest BCUT2D eigenvalue weighted by Crippen LogP contribution is 2.24. The van der Waals surface area contributed by atoms with Crippen LogP contribution in [0.5, 0.6) is 0 Å². The number of ether oxygens (including phenoxy) is 1. The monoisotopic (exact) mass is 585 g/mol. The molecule has 4 rings (SSSR count). The molecule has 0 atom stereocenters. The van der Waals surface area contributed by atoms with Gasteiger partial charge in [0.1, 0.15) is 0 Å². The summed E-state index contributed by atoms with van der Waals surface area (Å²) in [5.41, 5.74) is 2.64. The van der Waals surface area contributed by atoms with Crippen molar-refractivity contribution in [2.75, 3.05) is 69.7 Å². The molecule has 1 saturated heterocycles. The zero-order valence-corrected chi connectivity index (χ0v) is 23.6. The van der Waals surface area contributed by atoms with Crippen LogP contribution < -0.4 is 21.3 Å². The van der Waals surface area contributed by atoms with E-state index in [0.717, 1.165) is 56.3 Å². The SMILES string of the molecule is O=C(CNCCN1CCOCC1)Nc1ccc(-c2ccnc(NCCCNC(=O)c3c(Cl)cccc3Cl)n2)cc1. The molecule has 2 aromatic carbocycles. The number of benzene rings is 2. The van der Waals surface area contributed by atoms with Crippen LogP contribution in [0.4, 0.5) is 11.6 Å². The number of halogens is 2. The lowest BCUT2D eigenvalue weighted by molar-refractivity contribution is -0.115. The first kappa shape index (κ1) is 29.7. The smallest absolute Gasteiger partial charge is 0.254 e. The maximum atomic E-state index is 12.4. The predicted octanol–water partition coefficient (Wildman–Crippen LogP) is 3.54. The zero-order valence-electron chi connectivity index (χ0n) is 22.1. The molecule has 10 nitrogen and oxygen atoms in total. The van der Waals surface area contributed by atoms with Gasteiger partial charge in [-0.1, -0.05) is 41.4 Å². The van der Waals surface area contributed by atoms with Gasteiger partial charge in [-0.25, -0.2) is 9.97 Å². The molecule has 0 radical (unpaired) electrons. The summed E-state index contributed by atoms with van der Waals surface area (Å²) in [6, 6.07) is 14.3. The Bertz CT molecular complexity index is 1250.